The Balaban J connectivity index is 1.41. The number of carbonyl (C=O) groups excluding carboxylic acids is 1. The van der Waals surface area contributed by atoms with E-state index in [1.54, 1.807) is 43.1 Å². The number of carbonyl (C=O) groups is 1. The number of benzene rings is 4. The van der Waals surface area contributed by atoms with Crippen molar-refractivity contribution in [2.75, 3.05) is 19.5 Å². The summed E-state index contributed by atoms with van der Waals surface area (Å²) in [5.41, 5.74) is 3.15. The van der Waals surface area contributed by atoms with E-state index in [0.29, 0.717) is 31.1 Å². The Morgan fingerprint density at radius 3 is 1.64 bits per heavy atom. The van der Waals surface area contributed by atoms with Crippen LogP contribution in [0.25, 0.3) is 0 Å². The summed E-state index contributed by atoms with van der Waals surface area (Å²) in [4.78, 5) is 13.1. The number of hydrogen-bond acceptors (Lipinski definition) is 8. The van der Waals surface area contributed by atoms with Crippen LogP contribution in [0, 0.1) is 0 Å². The SMILES string of the molecule is CCS[C@H]1O[C@H](COC(=O)c2ccc(OC)cc2)[C@@H](OCc2ccccc2)[C@H](OCc2ccccc2)[C@@H]1OCc1ccccc1. The maximum Gasteiger partial charge on any atom is 0.338 e. The average Bonchev–Trinajstić information content (AvgIpc) is 3.10. The molecule has 4 aromatic carbocycles. The van der Waals surface area contributed by atoms with Gasteiger partial charge in [0.1, 0.15) is 42.2 Å². The van der Waals surface area contributed by atoms with Gasteiger partial charge in [0.2, 0.25) is 0 Å². The molecule has 0 spiro atoms. The summed E-state index contributed by atoms with van der Waals surface area (Å²) in [6.45, 7) is 3.16. The van der Waals surface area contributed by atoms with Crippen molar-refractivity contribution in [3.05, 3.63) is 138 Å². The summed E-state index contributed by atoms with van der Waals surface area (Å²) in [5.74, 6) is 1.01. The second kappa shape index (κ2) is 17.1. The molecule has 8 heteroatoms. The van der Waals surface area contributed by atoms with Crippen molar-refractivity contribution >= 4 is 17.7 Å². The minimum atomic E-state index is -0.600. The molecule has 5 atom stereocenters. The first kappa shape index (κ1) is 32.7. The highest BCUT2D eigenvalue weighted by molar-refractivity contribution is 7.99. The van der Waals surface area contributed by atoms with E-state index in [-0.39, 0.29) is 12.0 Å². The molecule has 1 saturated heterocycles. The minimum Gasteiger partial charge on any atom is -0.497 e. The topological polar surface area (TPSA) is 72.5 Å². The Morgan fingerprint density at radius 2 is 1.16 bits per heavy atom. The molecule has 1 heterocycles. The zero-order valence-electron chi connectivity index (χ0n) is 25.7. The zero-order chi connectivity index (χ0) is 31.3. The Kier molecular flexibility index (Phi) is 12.5. The second-order valence-corrected chi connectivity index (χ2v) is 12.0. The molecular formula is C37H40O7S. The number of esters is 1. The van der Waals surface area contributed by atoms with Crippen LogP contribution in [-0.2, 0) is 43.5 Å². The van der Waals surface area contributed by atoms with Gasteiger partial charge in [0.25, 0.3) is 0 Å². The third-order valence-corrected chi connectivity index (χ3v) is 8.52. The average molecular weight is 629 g/mol. The van der Waals surface area contributed by atoms with Gasteiger partial charge in [0.15, 0.2) is 0 Å². The normalized spacial score (nSPS) is 21.2. The number of rotatable bonds is 15. The van der Waals surface area contributed by atoms with Crippen molar-refractivity contribution < 1.29 is 33.2 Å². The molecule has 0 bridgehead atoms. The van der Waals surface area contributed by atoms with Crippen molar-refractivity contribution in [3.8, 4) is 5.75 Å². The molecule has 5 rings (SSSR count). The van der Waals surface area contributed by atoms with Crippen molar-refractivity contribution in [2.45, 2.75) is 56.6 Å². The largest absolute Gasteiger partial charge is 0.497 e. The summed E-state index contributed by atoms with van der Waals surface area (Å²) < 4.78 is 37.7. The van der Waals surface area contributed by atoms with Crippen molar-refractivity contribution in [2.24, 2.45) is 0 Å². The molecule has 0 unspecified atom stereocenters. The van der Waals surface area contributed by atoms with E-state index >= 15 is 0 Å². The van der Waals surface area contributed by atoms with Gasteiger partial charge in [0, 0.05) is 0 Å². The van der Waals surface area contributed by atoms with Gasteiger partial charge in [0.05, 0.1) is 32.5 Å². The van der Waals surface area contributed by atoms with E-state index in [0.717, 1.165) is 22.4 Å². The predicted octanol–water partition coefficient (Wildman–Crippen LogP) is 7.09. The summed E-state index contributed by atoms with van der Waals surface area (Å²) in [7, 11) is 1.58. The number of hydrogen-bond donors (Lipinski definition) is 0. The van der Waals surface area contributed by atoms with Crippen LogP contribution in [0.3, 0.4) is 0 Å². The molecule has 236 valence electrons. The monoisotopic (exact) mass is 628 g/mol. The van der Waals surface area contributed by atoms with Crippen LogP contribution in [0.4, 0.5) is 0 Å². The molecular weight excluding hydrogens is 588 g/mol. The Labute approximate surface area is 269 Å². The predicted molar refractivity (Wildman–Crippen MR) is 175 cm³/mol. The second-order valence-electron chi connectivity index (χ2n) is 10.6. The molecule has 45 heavy (non-hydrogen) atoms. The van der Waals surface area contributed by atoms with Crippen LogP contribution < -0.4 is 4.74 Å². The number of ether oxygens (including phenoxy) is 6. The van der Waals surface area contributed by atoms with Gasteiger partial charge in [-0.25, -0.2) is 4.79 Å². The number of thioether (sulfide) groups is 1. The molecule has 0 N–H and O–H groups in total. The minimum absolute atomic E-state index is 0.0122. The summed E-state index contributed by atoms with van der Waals surface area (Å²) in [5, 5.41) is 0. The van der Waals surface area contributed by atoms with E-state index in [2.05, 4.69) is 6.92 Å². The Hall–Kier alpha value is -3.66. The molecule has 1 aliphatic rings. The Bertz CT molecular complexity index is 1420. The van der Waals surface area contributed by atoms with Crippen LogP contribution in [0.5, 0.6) is 5.75 Å². The zero-order valence-corrected chi connectivity index (χ0v) is 26.5. The first-order valence-corrected chi connectivity index (χ1v) is 16.2. The molecule has 0 radical (unpaired) electrons. The smallest absolute Gasteiger partial charge is 0.338 e. The fraction of sp³-hybridized carbons (Fsp3) is 0.324. The lowest BCUT2D eigenvalue weighted by Gasteiger charge is -2.45. The van der Waals surface area contributed by atoms with Gasteiger partial charge in [-0.15, -0.1) is 11.8 Å². The maximum atomic E-state index is 13.1. The van der Waals surface area contributed by atoms with E-state index < -0.39 is 30.4 Å². The van der Waals surface area contributed by atoms with E-state index in [1.807, 2.05) is 91.0 Å². The Morgan fingerprint density at radius 1 is 0.667 bits per heavy atom. The van der Waals surface area contributed by atoms with Crippen molar-refractivity contribution in [1.82, 2.24) is 0 Å². The van der Waals surface area contributed by atoms with Crippen molar-refractivity contribution in [3.63, 3.8) is 0 Å². The van der Waals surface area contributed by atoms with E-state index in [4.69, 9.17) is 28.4 Å². The molecule has 0 amide bonds. The molecule has 0 aliphatic carbocycles. The van der Waals surface area contributed by atoms with Gasteiger partial charge in [-0.05, 0) is 46.7 Å². The maximum absolute atomic E-state index is 13.1. The lowest BCUT2D eigenvalue weighted by molar-refractivity contribution is -0.251. The quantitative estimate of drug-likeness (QED) is 0.129. The fourth-order valence-electron chi connectivity index (χ4n) is 5.15. The highest BCUT2D eigenvalue weighted by Gasteiger charge is 2.49. The molecule has 0 saturated carbocycles. The van der Waals surface area contributed by atoms with Crippen LogP contribution in [0.15, 0.2) is 115 Å². The first-order valence-electron chi connectivity index (χ1n) is 15.2. The van der Waals surface area contributed by atoms with Crippen LogP contribution in [0.2, 0.25) is 0 Å². The third-order valence-electron chi connectivity index (χ3n) is 7.48. The van der Waals surface area contributed by atoms with Gasteiger partial charge >= 0.3 is 5.97 Å². The summed E-state index contributed by atoms with van der Waals surface area (Å²) >= 11 is 1.64. The van der Waals surface area contributed by atoms with Crippen LogP contribution >= 0.6 is 11.8 Å². The molecule has 7 nitrogen and oxygen atoms in total. The highest BCUT2D eigenvalue weighted by Crippen LogP contribution is 2.35. The van der Waals surface area contributed by atoms with Gasteiger partial charge in [-0.1, -0.05) is 97.9 Å². The molecule has 1 aliphatic heterocycles. The lowest BCUT2D eigenvalue weighted by Crippen LogP contribution is -2.60. The highest BCUT2D eigenvalue weighted by atomic mass is 32.2. The number of methoxy groups -OCH3 is 1. The lowest BCUT2D eigenvalue weighted by atomic mass is 9.98. The van der Waals surface area contributed by atoms with E-state index in [1.165, 1.54) is 0 Å². The van der Waals surface area contributed by atoms with Crippen LogP contribution in [0.1, 0.15) is 34.0 Å². The first-order chi connectivity index (χ1) is 22.1. The standard InChI is InChI=1S/C37H40O7S/c1-3-45-37-35(42-25-29-17-11-6-12-18-29)34(41-24-28-15-9-5-10-16-28)33(40-23-27-13-7-4-8-14-27)32(44-37)26-43-36(38)30-19-21-31(39-2)22-20-30/h4-22,32-35,37H,3,23-26H2,1-2H3/t32-,33-,34+,35+,37-/m1/s1. The van der Waals surface area contributed by atoms with Gasteiger partial charge < -0.3 is 28.4 Å². The van der Waals surface area contributed by atoms with Gasteiger partial charge in [-0.3, -0.25) is 0 Å². The van der Waals surface area contributed by atoms with Crippen molar-refractivity contribution in [1.29, 1.82) is 0 Å². The molecule has 1 fully saturated rings. The molecule has 0 aromatic heterocycles. The molecule has 4 aromatic rings. The van der Waals surface area contributed by atoms with E-state index in [9.17, 15) is 4.79 Å². The van der Waals surface area contributed by atoms with Crippen LogP contribution in [-0.4, -0.2) is 55.3 Å². The van der Waals surface area contributed by atoms with Gasteiger partial charge in [-0.2, -0.15) is 0 Å². The summed E-state index contributed by atoms with van der Waals surface area (Å²) in [6.07, 6.45) is -2.15. The summed E-state index contributed by atoms with van der Waals surface area (Å²) in [6, 6.07) is 36.9. The third kappa shape index (κ3) is 9.42. The fourth-order valence-corrected chi connectivity index (χ4v) is 6.12.